The number of rotatable bonds is 11. The van der Waals surface area contributed by atoms with Crippen LogP contribution in [0.15, 0.2) is 60.7 Å². The summed E-state index contributed by atoms with van der Waals surface area (Å²) in [6.07, 6.45) is -8.03. The Hall–Kier alpha value is -2.91. The fourth-order valence-electron chi connectivity index (χ4n) is 4.23. The minimum atomic E-state index is -4.50. The molecule has 0 amide bonds. The van der Waals surface area contributed by atoms with Crippen LogP contribution in [-0.2, 0) is 12.4 Å². The van der Waals surface area contributed by atoms with E-state index in [2.05, 4.69) is 37.6 Å². The number of aromatic nitrogens is 1. The highest BCUT2D eigenvalue weighted by Crippen LogP contribution is 2.34. The van der Waals surface area contributed by atoms with Gasteiger partial charge in [0.15, 0.2) is 0 Å². The van der Waals surface area contributed by atoms with E-state index in [1.54, 1.807) is 12.1 Å². The first-order valence-electron chi connectivity index (χ1n) is 13.4. The van der Waals surface area contributed by atoms with Crippen molar-refractivity contribution in [1.82, 2.24) is 9.88 Å². The molecular formula is C31H36F6N2O. The van der Waals surface area contributed by atoms with Gasteiger partial charge in [0.05, 0.1) is 28.6 Å². The highest BCUT2D eigenvalue weighted by molar-refractivity contribution is 5.68. The summed E-state index contributed by atoms with van der Waals surface area (Å²) >= 11 is 0. The van der Waals surface area contributed by atoms with Crippen molar-refractivity contribution in [3.63, 3.8) is 0 Å². The van der Waals surface area contributed by atoms with Crippen LogP contribution < -0.4 is 0 Å². The molecule has 40 heavy (non-hydrogen) atoms. The Balaban J connectivity index is 2.01. The van der Waals surface area contributed by atoms with Crippen LogP contribution >= 0.6 is 0 Å². The van der Waals surface area contributed by atoms with Crippen LogP contribution in [0.3, 0.4) is 0 Å². The van der Waals surface area contributed by atoms with Gasteiger partial charge in [-0.3, -0.25) is 0 Å². The molecule has 1 aromatic heterocycles. The van der Waals surface area contributed by atoms with Gasteiger partial charge in [-0.15, -0.1) is 0 Å². The lowest BCUT2D eigenvalue weighted by molar-refractivity contribution is -0.138. The molecule has 1 N–H and O–H groups in total. The van der Waals surface area contributed by atoms with Crippen LogP contribution in [-0.4, -0.2) is 34.6 Å². The average molecular weight is 567 g/mol. The molecular weight excluding hydrogens is 530 g/mol. The zero-order chi connectivity index (χ0) is 29.7. The summed E-state index contributed by atoms with van der Waals surface area (Å²) < 4.78 is 78.6. The smallest absolute Gasteiger partial charge is 0.387 e. The summed E-state index contributed by atoms with van der Waals surface area (Å²) in [4.78, 5) is 6.75. The van der Waals surface area contributed by atoms with Gasteiger partial charge in [-0.2, -0.15) is 26.3 Å². The zero-order valence-corrected chi connectivity index (χ0v) is 23.2. The molecule has 0 unspecified atom stereocenters. The molecule has 1 heterocycles. The van der Waals surface area contributed by atoms with Gasteiger partial charge in [-0.25, -0.2) is 4.98 Å². The lowest BCUT2D eigenvalue weighted by Crippen LogP contribution is -2.32. The molecule has 218 valence electrons. The Bertz CT molecular complexity index is 1130. The van der Waals surface area contributed by atoms with E-state index in [9.17, 15) is 31.4 Å². The van der Waals surface area contributed by atoms with E-state index in [4.69, 9.17) is 0 Å². The number of halogens is 6. The van der Waals surface area contributed by atoms with Gasteiger partial charge in [0.1, 0.15) is 0 Å². The van der Waals surface area contributed by atoms with Gasteiger partial charge in [-0.05, 0) is 79.7 Å². The van der Waals surface area contributed by atoms with E-state index in [1.165, 1.54) is 24.3 Å². The molecule has 3 nitrogen and oxygen atoms in total. The van der Waals surface area contributed by atoms with Gasteiger partial charge >= 0.3 is 12.4 Å². The van der Waals surface area contributed by atoms with E-state index >= 15 is 0 Å². The van der Waals surface area contributed by atoms with Gasteiger partial charge < -0.3 is 10.0 Å². The normalized spacial score (nSPS) is 13.4. The van der Waals surface area contributed by atoms with Crippen molar-refractivity contribution < 1.29 is 31.4 Å². The highest BCUT2D eigenvalue weighted by Gasteiger charge is 2.31. The maximum absolute atomic E-state index is 13.1. The lowest BCUT2D eigenvalue weighted by atomic mass is 10.00. The molecule has 0 aliphatic heterocycles. The minimum Gasteiger partial charge on any atom is -0.387 e. The fraction of sp³-hybridized carbons (Fsp3) is 0.452. The molecule has 0 spiro atoms. The molecule has 2 aromatic carbocycles. The number of alkyl halides is 6. The molecule has 0 radical (unpaired) electrons. The molecule has 9 heteroatoms. The number of pyridine rings is 1. The second kappa shape index (κ2) is 13.2. The van der Waals surface area contributed by atoms with E-state index in [-0.39, 0.29) is 0 Å². The summed E-state index contributed by atoms with van der Waals surface area (Å²) in [7, 11) is 0. The highest BCUT2D eigenvalue weighted by atomic mass is 19.4. The number of hydrogen-bond donors (Lipinski definition) is 1. The van der Waals surface area contributed by atoms with Crippen molar-refractivity contribution in [1.29, 1.82) is 0 Å². The van der Waals surface area contributed by atoms with Crippen molar-refractivity contribution in [3.05, 3.63) is 77.4 Å². The molecule has 1 atom stereocenters. The van der Waals surface area contributed by atoms with E-state index in [0.29, 0.717) is 46.5 Å². The first-order chi connectivity index (χ1) is 18.6. The summed E-state index contributed by atoms with van der Waals surface area (Å²) in [5.41, 5.74) is 0.298. The molecule has 0 fully saturated rings. The molecule has 0 aliphatic carbocycles. The Morgan fingerprint density at radius 2 is 1.05 bits per heavy atom. The average Bonchev–Trinajstić information content (AvgIpc) is 2.89. The van der Waals surface area contributed by atoms with Gasteiger partial charge in [0.25, 0.3) is 0 Å². The predicted molar refractivity (Wildman–Crippen MR) is 145 cm³/mol. The molecule has 0 aliphatic rings. The van der Waals surface area contributed by atoms with Crippen LogP contribution in [0.25, 0.3) is 22.5 Å². The molecule has 0 saturated carbocycles. The van der Waals surface area contributed by atoms with Gasteiger partial charge in [0, 0.05) is 17.7 Å². The van der Waals surface area contributed by atoms with Crippen molar-refractivity contribution in [2.75, 3.05) is 19.6 Å². The number of aliphatic hydroxyl groups is 1. The largest absolute Gasteiger partial charge is 0.416 e. The maximum Gasteiger partial charge on any atom is 0.416 e. The lowest BCUT2D eigenvalue weighted by Gasteiger charge is -2.27. The van der Waals surface area contributed by atoms with Crippen molar-refractivity contribution >= 4 is 0 Å². The van der Waals surface area contributed by atoms with E-state index < -0.39 is 29.6 Å². The van der Waals surface area contributed by atoms with E-state index in [1.807, 2.05) is 0 Å². The van der Waals surface area contributed by atoms with Crippen LogP contribution in [0, 0.1) is 11.8 Å². The summed E-state index contributed by atoms with van der Waals surface area (Å²) in [5, 5.41) is 11.3. The van der Waals surface area contributed by atoms with Crippen LogP contribution in [0.1, 0.15) is 63.3 Å². The Labute approximate surface area is 231 Å². The first-order valence-corrected chi connectivity index (χ1v) is 13.4. The summed E-state index contributed by atoms with van der Waals surface area (Å²) in [6, 6.07) is 12.3. The first kappa shape index (κ1) is 31.6. The van der Waals surface area contributed by atoms with Crippen LogP contribution in [0.4, 0.5) is 26.3 Å². The fourth-order valence-corrected chi connectivity index (χ4v) is 4.23. The van der Waals surface area contributed by atoms with Crippen LogP contribution in [0.2, 0.25) is 0 Å². The Morgan fingerprint density at radius 1 is 0.675 bits per heavy atom. The maximum atomic E-state index is 13.1. The predicted octanol–water partition coefficient (Wildman–Crippen LogP) is 8.88. The SMILES string of the molecule is CC(C)CCN(CCC(C)C)C[C@H](O)c1cc(-c2ccc(C(F)(F)F)cc2)nc(-c2ccc(C(F)(F)F)cc2)c1. The number of benzene rings is 2. The summed E-state index contributed by atoms with van der Waals surface area (Å²) in [5.74, 6) is 0.967. The van der Waals surface area contributed by atoms with Gasteiger partial charge in [0.2, 0.25) is 0 Å². The van der Waals surface area contributed by atoms with E-state index in [0.717, 1.165) is 50.2 Å². The monoisotopic (exact) mass is 566 g/mol. The molecule has 0 saturated heterocycles. The second-order valence-electron chi connectivity index (χ2n) is 11.0. The summed E-state index contributed by atoms with van der Waals surface area (Å²) in [6.45, 7) is 10.5. The molecule has 0 bridgehead atoms. The third kappa shape index (κ3) is 9.06. The van der Waals surface area contributed by atoms with Crippen molar-refractivity contribution in [3.8, 4) is 22.5 Å². The molecule has 3 aromatic rings. The number of hydrogen-bond acceptors (Lipinski definition) is 3. The van der Waals surface area contributed by atoms with Gasteiger partial charge in [-0.1, -0.05) is 52.0 Å². The topological polar surface area (TPSA) is 36.4 Å². The quantitative estimate of drug-likeness (QED) is 0.236. The Kier molecular flexibility index (Phi) is 10.4. The third-order valence-electron chi connectivity index (χ3n) is 6.72. The Morgan fingerprint density at radius 3 is 1.38 bits per heavy atom. The third-order valence-corrected chi connectivity index (χ3v) is 6.72. The number of nitrogens with zero attached hydrogens (tertiary/aromatic N) is 2. The minimum absolute atomic E-state index is 0.316. The zero-order valence-electron chi connectivity index (χ0n) is 23.2. The van der Waals surface area contributed by atoms with Crippen LogP contribution in [0.5, 0.6) is 0 Å². The standard InChI is InChI=1S/C31H36F6N2O/c1-20(2)13-15-39(16-14-21(3)4)19-29(40)24-17-27(22-5-9-25(10-6-22)30(32,33)34)38-28(18-24)23-7-11-26(12-8-23)31(35,36)37/h5-12,17-18,20-21,29,40H,13-16,19H2,1-4H3/t29-/m0/s1. The second-order valence-corrected chi connectivity index (χ2v) is 11.0. The molecule has 3 rings (SSSR count). The van der Waals surface area contributed by atoms with Crippen molar-refractivity contribution in [2.45, 2.75) is 59.0 Å². The van der Waals surface area contributed by atoms with Crippen molar-refractivity contribution in [2.24, 2.45) is 11.8 Å². The number of aliphatic hydroxyl groups excluding tert-OH is 1.